The van der Waals surface area contributed by atoms with E-state index in [2.05, 4.69) is 10.6 Å². The molecule has 5 nitrogen and oxygen atoms in total. The first kappa shape index (κ1) is 18.2. The van der Waals surface area contributed by atoms with Crippen LogP contribution in [0.1, 0.15) is 50.0 Å². The lowest BCUT2D eigenvalue weighted by atomic mass is 9.87. The molecule has 0 aliphatic heterocycles. The number of anilines is 1. The molecule has 0 fully saturated rings. The van der Waals surface area contributed by atoms with Crippen LogP contribution in [0.5, 0.6) is 0 Å². The molecule has 1 unspecified atom stereocenters. The van der Waals surface area contributed by atoms with Gasteiger partial charge in [0.05, 0.1) is 6.10 Å². The fourth-order valence-electron chi connectivity index (χ4n) is 2.38. The third kappa shape index (κ3) is 5.85. The molecule has 5 heteroatoms. The van der Waals surface area contributed by atoms with E-state index >= 15 is 0 Å². The molecule has 22 heavy (non-hydrogen) atoms. The summed E-state index contributed by atoms with van der Waals surface area (Å²) in [7, 11) is 0. The van der Waals surface area contributed by atoms with Crippen molar-refractivity contribution >= 4 is 17.5 Å². The van der Waals surface area contributed by atoms with Gasteiger partial charge in [0.25, 0.3) is 5.91 Å². The Hall–Kier alpha value is -1.88. The summed E-state index contributed by atoms with van der Waals surface area (Å²) in [6, 6.07) is 5.21. The van der Waals surface area contributed by atoms with E-state index in [1.54, 1.807) is 25.1 Å². The second kappa shape index (κ2) is 7.40. The zero-order valence-electron chi connectivity index (χ0n) is 14.0. The van der Waals surface area contributed by atoms with Crippen molar-refractivity contribution in [1.82, 2.24) is 5.32 Å². The van der Waals surface area contributed by atoms with E-state index in [-0.39, 0.29) is 17.2 Å². The molecule has 0 spiro atoms. The molecule has 0 radical (unpaired) electrons. The Bertz CT molecular complexity index is 551. The second-order valence-electron chi connectivity index (χ2n) is 6.61. The van der Waals surface area contributed by atoms with E-state index in [1.807, 2.05) is 20.8 Å². The third-order valence-corrected chi connectivity index (χ3v) is 3.39. The average molecular weight is 306 g/mol. The second-order valence-corrected chi connectivity index (χ2v) is 6.61. The number of nitrogens with one attached hydrogen (secondary N) is 2. The first-order valence-corrected chi connectivity index (χ1v) is 7.45. The number of aliphatic hydroxyl groups excluding tert-OH is 1. The minimum atomic E-state index is -0.405. The van der Waals surface area contributed by atoms with Crippen molar-refractivity contribution in [3.05, 3.63) is 29.3 Å². The van der Waals surface area contributed by atoms with Gasteiger partial charge in [0, 0.05) is 24.7 Å². The molecule has 0 heterocycles. The van der Waals surface area contributed by atoms with Crippen LogP contribution < -0.4 is 10.6 Å². The van der Waals surface area contributed by atoms with Gasteiger partial charge in [-0.3, -0.25) is 9.59 Å². The van der Waals surface area contributed by atoms with Gasteiger partial charge in [-0.05, 0) is 43.4 Å². The molecule has 0 aliphatic rings. The van der Waals surface area contributed by atoms with E-state index in [0.29, 0.717) is 24.2 Å². The van der Waals surface area contributed by atoms with E-state index < -0.39 is 6.10 Å². The lowest BCUT2D eigenvalue weighted by Gasteiger charge is -2.26. The van der Waals surface area contributed by atoms with Crippen molar-refractivity contribution in [3.63, 3.8) is 0 Å². The lowest BCUT2D eigenvalue weighted by Crippen LogP contribution is -2.35. The highest BCUT2D eigenvalue weighted by molar-refractivity contribution is 5.97. The Balaban J connectivity index is 2.75. The van der Waals surface area contributed by atoms with Crippen molar-refractivity contribution in [2.45, 2.75) is 47.1 Å². The van der Waals surface area contributed by atoms with Gasteiger partial charge in [-0.25, -0.2) is 0 Å². The van der Waals surface area contributed by atoms with Crippen molar-refractivity contribution in [2.75, 3.05) is 11.9 Å². The predicted octanol–water partition coefficient (Wildman–Crippen LogP) is 2.48. The Morgan fingerprint density at radius 2 is 1.95 bits per heavy atom. The summed E-state index contributed by atoms with van der Waals surface area (Å²) in [6.07, 6.45) is 0.204. The molecule has 1 aromatic carbocycles. The number of benzene rings is 1. The Morgan fingerprint density at radius 1 is 1.32 bits per heavy atom. The summed E-state index contributed by atoms with van der Waals surface area (Å²) in [5.74, 6) is -0.357. The van der Waals surface area contributed by atoms with Crippen LogP contribution in [0, 0.1) is 12.3 Å². The highest BCUT2D eigenvalue weighted by Crippen LogP contribution is 2.22. The zero-order chi connectivity index (χ0) is 16.9. The summed E-state index contributed by atoms with van der Waals surface area (Å²) < 4.78 is 0. The maximum absolute atomic E-state index is 12.2. The van der Waals surface area contributed by atoms with Crippen molar-refractivity contribution in [2.24, 2.45) is 5.41 Å². The minimum absolute atomic E-state index is 0.168. The number of hydrogen-bond donors (Lipinski definition) is 3. The molecule has 1 atom stereocenters. The summed E-state index contributed by atoms with van der Waals surface area (Å²) >= 11 is 0. The zero-order valence-corrected chi connectivity index (χ0v) is 14.0. The van der Waals surface area contributed by atoms with Gasteiger partial charge in [-0.1, -0.05) is 19.9 Å². The van der Waals surface area contributed by atoms with Gasteiger partial charge < -0.3 is 15.7 Å². The molecular weight excluding hydrogens is 280 g/mol. The smallest absolute Gasteiger partial charge is 0.251 e. The van der Waals surface area contributed by atoms with Crippen LogP contribution in [0.4, 0.5) is 5.69 Å². The molecule has 0 aliphatic carbocycles. The van der Waals surface area contributed by atoms with Crippen LogP contribution in [-0.2, 0) is 4.79 Å². The van der Waals surface area contributed by atoms with Crippen LogP contribution in [0.15, 0.2) is 18.2 Å². The number of carbonyl (C=O) groups is 2. The Labute approximate surface area is 132 Å². The molecule has 1 rings (SSSR count). The number of aliphatic hydroxyl groups is 1. The van der Waals surface area contributed by atoms with E-state index in [9.17, 15) is 14.7 Å². The van der Waals surface area contributed by atoms with Crippen molar-refractivity contribution in [1.29, 1.82) is 0 Å². The molecule has 0 aromatic heterocycles. The number of amides is 2. The normalized spacial score (nSPS) is 12.6. The van der Waals surface area contributed by atoms with Crippen LogP contribution in [0.3, 0.4) is 0 Å². The van der Waals surface area contributed by atoms with Gasteiger partial charge in [0.2, 0.25) is 5.91 Å². The molecular formula is C17H26N2O3. The lowest BCUT2D eigenvalue weighted by molar-refractivity contribution is -0.114. The summed E-state index contributed by atoms with van der Waals surface area (Å²) in [6.45, 7) is 9.52. The fraction of sp³-hybridized carbons (Fsp3) is 0.529. The maximum Gasteiger partial charge on any atom is 0.251 e. The highest BCUT2D eigenvalue weighted by Gasteiger charge is 2.21. The summed E-state index contributed by atoms with van der Waals surface area (Å²) in [5.41, 5.74) is 1.86. The molecule has 0 bridgehead atoms. The number of aryl methyl sites for hydroxylation is 1. The monoisotopic (exact) mass is 306 g/mol. The summed E-state index contributed by atoms with van der Waals surface area (Å²) in [4.78, 5) is 23.4. The summed E-state index contributed by atoms with van der Waals surface area (Å²) in [5, 5.41) is 15.1. The van der Waals surface area contributed by atoms with Crippen LogP contribution in [0.2, 0.25) is 0 Å². The number of rotatable bonds is 6. The standard InChI is InChI=1S/C17H26N2O3/c1-11-6-7-14(8-15(11)19-13(3)21)16(22)18-10-17(4,5)9-12(2)20/h6-8,12,20H,9-10H2,1-5H3,(H,18,22)(H,19,21). The van der Waals surface area contributed by atoms with E-state index in [4.69, 9.17) is 0 Å². The van der Waals surface area contributed by atoms with Gasteiger partial charge in [-0.2, -0.15) is 0 Å². The Morgan fingerprint density at radius 3 is 2.50 bits per heavy atom. The molecule has 122 valence electrons. The van der Waals surface area contributed by atoms with Crippen LogP contribution in [0.25, 0.3) is 0 Å². The van der Waals surface area contributed by atoms with E-state index in [0.717, 1.165) is 5.56 Å². The molecule has 2 amide bonds. The van der Waals surface area contributed by atoms with Gasteiger partial charge in [0.15, 0.2) is 0 Å². The number of carbonyl (C=O) groups excluding carboxylic acids is 2. The average Bonchev–Trinajstić information content (AvgIpc) is 2.36. The van der Waals surface area contributed by atoms with Crippen molar-refractivity contribution in [3.8, 4) is 0 Å². The first-order chi connectivity index (χ1) is 10.1. The predicted molar refractivity (Wildman–Crippen MR) is 87.9 cm³/mol. The quantitative estimate of drug-likeness (QED) is 0.755. The van der Waals surface area contributed by atoms with Gasteiger partial charge in [-0.15, -0.1) is 0 Å². The minimum Gasteiger partial charge on any atom is -0.393 e. The maximum atomic E-state index is 12.2. The topological polar surface area (TPSA) is 78.4 Å². The molecule has 3 N–H and O–H groups in total. The van der Waals surface area contributed by atoms with Crippen molar-refractivity contribution < 1.29 is 14.7 Å². The molecule has 1 aromatic rings. The largest absolute Gasteiger partial charge is 0.393 e. The molecule has 0 saturated carbocycles. The highest BCUT2D eigenvalue weighted by atomic mass is 16.3. The Kier molecular flexibility index (Phi) is 6.11. The van der Waals surface area contributed by atoms with Crippen LogP contribution in [-0.4, -0.2) is 29.6 Å². The number of hydrogen-bond acceptors (Lipinski definition) is 3. The van der Waals surface area contributed by atoms with E-state index in [1.165, 1.54) is 6.92 Å². The first-order valence-electron chi connectivity index (χ1n) is 7.45. The molecule has 0 saturated heterocycles. The van der Waals surface area contributed by atoms with Crippen LogP contribution >= 0.6 is 0 Å². The third-order valence-electron chi connectivity index (χ3n) is 3.39. The fourth-order valence-corrected chi connectivity index (χ4v) is 2.38. The van der Waals surface area contributed by atoms with Gasteiger partial charge >= 0.3 is 0 Å². The SMILES string of the molecule is CC(=O)Nc1cc(C(=O)NCC(C)(C)CC(C)O)ccc1C. The van der Waals surface area contributed by atoms with Gasteiger partial charge in [0.1, 0.15) is 0 Å².